The van der Waals surface area contributed by atoms with Crippen LogP contribution in [0.2, 0.25) is 0 Å². The molecule has 0 fully saturated rings. The number of aromatic nitrogens is 2. The van der Waals surface area contributed by atoms with Gasteiger partial charge in [-0.2, -0.15) is 9.78 Å². The zero-order chi connectivity index (χ0) is 25.8. The molecule has 0 aliphatic heterocycles. The van der Waals surface area contributed by atoms with Crippen molar-refractivity contribution < 1.29 is 28.2 Å². The van der Waals surface area contributed by atoms with Crippen LogP contribution in [0.5, 0.6) is 17.4 Å². The van der Waals surface area contributed by atoms with E-state index < -0.39 is 11.8 Å². The van der Waals surface area contributed by atoms with E-state index in [1.165, 1.54) is 42.8 Å². The van der Waals surface area contributed by atoms with Crippen molar-refractivity contribution in [1.82, 2.24) is 9.78 Å². The number of methoxy groups -OCH3 is 2. The van der Waals surface area contributed by atoms with Crippen LogP contribution in [-0.4, -0.2) is 35.9 Å². The molecule has 4 aromatic rings. The molecule has 0 aliphatic rings. The quantitative estimate of drug-likeness (QED) is 0.357. The number of amides is 1. The Morgan fingerprint density at radius 2 is 1.47 bits per heavy atom. The molecule has 8 nitrogen and oxygen atoms in total. The highest BCUT2D eigenvalue weighted by molar-refractivity contribution is 5.91. The molecule has 0 aliphatic carbocycles. The van der Waals surface area contributed by atoms with Crippen molar-refractivity contribution in [1.29, 1.82) is 0 Å². The summed E-state index contributed by atoms with van der Waals surface area (Å²) in [6, 6.07) is 18.0. The fraction of sp³-hybridized carbons (Fsp3) is 0.148. The maximum absolute atomic E-state index is 13.6. The molecular weight excluding hydrogens is 465 g/mol. The third-order valence-corrected chi connectivity index (χ3v) is 5.27. The molecule has 1 heterocycles. The van der Waals surface area contributed by atoms with Crippen molar-refractivity contribution in [3.63, 3.8) is 0 Å². The standard InChI is InChI=1S/C27H24FN3O5/c1-16(32)29-21-9-5-18(6-10-21)25-26(19-13-23(34-3)15-24(14-19)35-4)30-31(27(25)36-17(2)33)22-11-7-20(28)8-12-22/h5-15H,1-4H3,(H,29,32). The number of benzene rings is 3. The van der Waals surface area contributed by atoms with Crippen molar-refractivity contribution in [2.24, 2.45) is 0 Å². The second-order valence-corrected chi connectivity index (χ2v) is 7.87. The molecule has 0 saturated heterocycles. The van der Waals surface area contributed by atoms with Gasteiger partial charge in [-0.3, -0.25) is 9.59 Å². The van der Waals surface area contributed by atoms with Gasteiger partial charge in [-0.1, -0.05) is 12.1 Å². The third kappa shape index (κ3) is 5.20. The summed E-state index contributed by atoms with van der Waals surface area (Å²) >= 11 is 0. The van der Waals surface area contributed by atoms with E-state index in [0.717, 1.165) is 0 Å². The zero-order valence-electron chi connectivity index (χ0n) is 20.2. The van der Waals surface area contributed by atoms with Crippen molar-refractivity contribution in [2.45, 2.75) is 13.8 Å². The van der Waals surface area contributed by atoms with Gasteiger partial charge >= 0.3 is 5.97 Å². The average molecular weight is 490 g/mol. The van der Waals surface area contributed by atoms with E-state index >= 15 is 0 Å². The molecule has 36 heavy (non-hydrogen) atoms. The maximum Gasteiger partial charge on any atom is 0.309 e. The van der Waals surface area contributed by atoms with Crippen LogP contribution in [0, 0.1) is 5.82 Å². The fourth-order valence-electron chi connectivity index (χ4n) is 3.72. The minimum atomic E-state index is -0.552. The number of anilines is 1. The first kappa shape index (κ1) is 24.5. The van der Waals surface area contributed by atoms with Crippen molar-refractivity contribution in [3.8, 4) is 45.5 Å². The predicted octanol–water partition coefficient (Wildman–Crippen LogP) is 5.25. The van der Waals surface area contributed by atoms with Gasteiger partial charge in [0.15, 0.2) is 0 Å². The lowest BCUT2D eigenvalue weighted by molar-refractivity contribution is -0.132. The summed E-state index contributed by atoms with van der Waals surface area (Å²) in [6.07, 6.45) is 0. The summed E-state index contributed by atoms with van der Waals surface area (Å²) in [5.41, 5.74) is 3.40. The first-order chi connectivity index (χ1) is 17.3. The topological polar surface area (TPSA) is 91.7 Å². The Kier molecular flexibility index (Phi) is 7.00. The molecule has 0 unspecified atom stereocenters. The van der Waals surface area contributed by atoms with Crippen LogP contribution < -0.4 is 19.5 Å². The summed E-state index contributed by atoms with van der Waals surface area (Å²) in [5, 5.41) is 7.50. The summed E-state index contributed by atoms with van der Waals surface area (Å²) in [4.78, 5) is 23.6. The largest absolute Gasteiger partial charge is 0.497 e. The normalized spacial score (nSPS) is 10.6. The fourth-order valence-corrected chi connectivity index (χ4v) is 3.72. The Labute approximate surface area is 207 Å². The van der Waals surface area contributed by atoms with Crippen LogP contribution in [-0.2, 0) is 9.59 Å². The van der Waals surface area contributed by atoms with Gasteiger partial charge in [-0.05, 0) is 54.1 Å². The molecule has 9 heteroatoms. The minimum absolute atomic E-state index is 0.151. The van der Waals surface area contributed by atoms with Gasteiger partial charge in [0, 0.05) is 31.2 Å². The van der Waals surface area contributed by atoms with Crippen LogP contribution in [0.15, 0.2) is 66.7 Å². The Balaban J connectivity index is 2.01. The van der Waals surface area contributed by atoms with Gasteiger partial charge < -0.3 is 19.5 Å². The van der Waals surface area contributed by atoms with Crippen LogP contribution in [0.4, 0.5) is 10.1 Å². The smallest absolute Gasteiger partial charge is 0.309 e. The number of hydrogen-bond acceptors (Lipinski definition) is 6. The molecule has 0 spiro atoms. The molecule has 1 N–H and O–H groups in total. The van der Waals surface area contributed by atoms with Crippen LogP contribution in [0.3, 0.4) is 0 Å². The molecule has 4 rings (SSSR count). The van der Waals surface area contributed by atoms with E-state index in [9.17, 15) is 14.0 Å². The summed E-state index contributed by atoms with van der Waals surface area (Å²) in [5.74, 6) is 0.0776. The number of nitrogens with one attached hydrogen (secondary N) is 1. The minimum Gasteiger partial charge on any atom is -0.497 e. The van der Waals surface area contributed by atoms with Gasteiger partial charge in [0.25, 0.3) is 0 Å². The van der Waals surface area contributed by atoms with E-state index in [1.54, 1.807) is 56.7 Å². The summed E-state index contributed by atoms with van der Waals surface area (Å²) < 4.78 is 31.6. The van der Waals surface area contributed by atoms with E-state index in [-0.39, 0.29) is 11.8 Å². The number of esters is 1. The second kappa shape index (κ2) is 10.3. The monoisotopic (exact) mass is 489 g/mol. The lowest BCUT2D eigenvalue weighted by Gasteiger charge is -2.11. The summed E-state index contributed by atoms with van der Waals surface area (Å²) in [6.45, 7) is 2.72. The van der Waals surface area contributed by atoms with Gasteiger partial charge in [0.1, 0.15) is 23.0 Å². The number of carbonyl (C=O) groups is 2. The molecule has 1 aromatic heterocycles. The van der Waals surface area contributed by atoms with Gasteiger partial charge in [0.2, 0.25) is 11.8 Å². The number of ether oxygens (including phenoxy) is 3. The van der Waals surface area contributed by atoms with E-state index in [1.807, 2.05) is 0 Å². The highest BCUT2D eigenvalue weighted by Crippen LogP contribution is 2.43. The van der Waals surface area contributed by atoms with E-state index in [4.69, 9.17) is 19.3 Å². The Hall–Kier alpha value is -4.66. The Morgan fingerprint density at radius 1 is 0.861 bits per heavy atom. The maximum atomic E-state index is 13.6. The van der Waals surface area contributed by atoms with Crippen LogP contribution in [0.25, 0.3) is 28.1 Å². The molecule has 184 valence electrons. The molecule has 3 aromatic carbocycles. The van der Waals surface area contributed by atoms with Crippen molar-refractivity contribution >= 4 is 17.6 Å². The molecule has 0 radical (unpaired) electrons. The average Bonchev–Trinajstić information content (AvgIpc) is 3.22. The van der Waals surface area contributed by atoms with Crippen molar-refractivity contribution in [2.75, 3.05) is 19.5 Å². The number of carbonyl (C=O) groups excluding carboxylic acids is 2. The molecular formula is C27H24FN3O5. The zero-order valence-corrected chi connectivity index (χ0v) is 20.2. The van der Waals surface area contributed by atoms with Gasteiger partial charge in [-0.15, -0.1) is 0 Å². The number of rotatable bonds is 7. The lowest BCUT2D eigenvalue weighted by atomic mass is 10.0. The van der Waals surface area contributed by atoms with E-state index in [0.29, 0.717) is 45.3 Å². The molecule has 1 amide bonds. The highest BCUT2D eigenvalue weighted by atomic mass is 19.1. The molecule has 0 saturated carbocycles. The second-order valence-electron chi connectivity index (χ2n) is 7.87. The highest BCUT2D eigenvalue weighted by Gasteiger charge is 2.25. The van der Waals surface area contributed by atoms with Gasteiger partial charge in [0.05, 0.1) is 25.5 Å². The van der Waals surface area contributed by atoms with Gasteiger partial charge in [-0.25, -0.2) is 4.39 Å². The van der Waals surface area contributed by atoms with Crippen LogP contribution >= 0.6 is 0 Å². The first-order valence-electron chi connectivity index (χ1n) is 11.0. The SMILES string of the molecule is COc1cc(OC)cc(-c2nn(-c3ccc(F)cc3)c(OC(C)=O)c2-c2ccc(NC(C)=O)cc2)c1. The predicted molar refractivity (Wildman–Crippen MR) is 133 cm³/mol. The molecule has 0 atom stereocenters. The van der Waals surface area contributed by atoms with Crippen LogP contribution in [0.1, 0.15) is 13.8 Å². The first-order valence-corrected chi connectivity index (χ1v) is 11.0. The number of nitrogens with zero attached hydrogens (tertiary/aromatic N) is 2. The molecule has 0 bridgehead atoms. The Morgan fingerprint density at radius 3 is 2.00 bits per heavy atom. The summed E-state index contributed by atoms with van der Waals surface area (Å²) in [7, 11) is 3.09. The van der Waals surface area contributed by atoms with Crippen molar-refractivity contribution in [3.05, 3.63) is 72.5 Å². The third-order valence-electron chi connectivity index (χ3n) is 5.27. The number of hydrogen-bond donors (Lipinski definition) is 1. The van der Waals surface area contributed by atoms with E-state index in [2.05, 4.69) is 5.32 Å². The Bertz CT molecular complexity index is 1390. The lowest BCUT2D eigenvalue weighted by Crippen LogP contribution is -2.08. The number of halogens is 1.